The summed E-state index contributed by atoms with van der Waals surface area (Å²) >= 11 is 25.3. The zero-order valence-electron chi connectivity index (χ0n) is 22.8. The molecule has 12 heteroatoms. The molecule has 0 fully saturated rings. The molecule has 0 bridgehead atoms. The van der Waals surface area contributed by atoms with Crippen molar-refractivity contribution < 1.29 is 18.0 Å². The fourth-order valence-corrected chi connectivity index (χ4v) is 6.60. The van der Waals surface area contributed by atoms with Gasteiger partial charge in [-0.25, -0.2) is 8.42 Å². The van der Waals surface area contributed by atoms with Gasteiger partial charge in [-0.3, -0.25) is 13.9 Å². The molecule has 0 heterocycles. The topological polar surface area (TPSA) is 86.8 Å². The van der Waals surface area contributed by atoms with E-state index in [0.717, 1.165) is 4.31 Å². The van der Waals surface area contributed by atoms with Crippen LogP contribution in [0.1, 0.15) is 39.2 Å². The van der Waals surface area contributed by atoms with Crippen LogP contribution in [0.4, 0.5) is 5.69 Å². The lowest BCUT2D eigenvalue weighted by Crippen LogP contribution is -2.53. The second-order valence-corrected chi connectivity index (χ2v) is 13.0. The summed E-state index contributed by atoms with van der Waals surface area (Å²) < 4.78 is 28.7. The molecule has 1 N–H and O–H groups in total. The third-order valence-electron chi connectivity index (χ3n) is 6.52. The molecule has 0 aromatic heterocycles. The summed E-state index contributed by atoms with van der Waals surface area (Å²) in [7, 11) is -4.27. The van der Waals surface area contributed by atoms with Crippen molar-refractivity contribution in [3.05, 3.63) is 92.4 Å². The third-order valence-corrected chi connectivity index (χ3v) is 9.46. The van der Waals surface area contributed by atoms with Crippen molar-refractivity contribution in [1.29, 1.82) is 0 Å². The minimum atomic E-state index is -4.27. The first-order valence-electron chi connectivity index (χ1n) is 13.0. The van der Waals surface area contributed by atoms with Crippen molar-refractivity contribution in [3.63, 3.8) is 0 Å². The largest absolute Gasteiger partial charge is 0.352 e. The van der Waals surface area contributed by atoms with Gasteiger partial charge in [0.25, 0.3) is 10.0 Å². The highest BCUT2D eigenvalue weighted by Gasteiger charge is 2.34. The summed E-state index contributed by atoms with van der Waals surface area (Å²) in [5.74, 6) is -1.02. The number of carbonyl (C=O) groups is 2. The zero-order chi connectivity index (χ0) is 30.3. The molecule has 3 aromatic carbocycles. The minimum absolute atomic E-state index is 0.0360. The van der Waals surface area contributed by atoms with E-state index >= 15 is 0 Å². The van der Waals surface area contributed by atoms with Gasteiger partial charge < -0.3 is 10.2 Å². The Morgan fingerprint density at radius 2 is 1.44 bits per heavy atom. The number of amides is 2. The molecule has 0 aliphatic rings. The first kappa shape index (κ1) is 33.0. The number of nitrogens with one attached hydrogen (secondary N) is 1. The van der Waals surface area contributed by atoms with Crippen molar-refractivity contribution in [2.45, 2.75) is 57.1 Å². The number of halogens is 4. The minimum Gasteiger partial charge on any atom is -0.352 e. The Morgan fingerprint density at radius 3 is 1.98 bits per heavy atom. The number of nitrogens with zero attached hydrogens (tertiary/aromatic N) is 2. The van der Waals surface area contributed by atoms with Gasteiger partial charge in [-0.1, -0.05) is 84.5 Å². The van der Waals surface area contributed by atoms with Crippen molar-refractivity contribution >= 4 is 73.9 Å². The zero-order valence-corrected chi connectivity index (χ0v) is 26.6. The molecule has 0 aliphatic carbocycles. The first-order valence-corrected chi connectivity index (χ1v) is 15.9. The van der Waals surface area contributed by atoms with Gasteiger partial charge in [0.1, 0.15) is 12.6 Å². The highest BCUT2D eigenvalue weighted by atomic mass is 35.5. The third kappa shape index (κ3) is 8.30. The molecule has 2 amide bonds. The van der Waals surface area contributed by atoms with E-state index in [1.54, 1.807) is 43.3 Å². The normalized spacial score (nSPS) is 12.9. The van der Waals surface area contributed by atoms with Gasteiger partial charge in [-0.2, -0.15) is 0 Å². The van der Waals surface area contributed by atoms with Crippen LogP contribution >= 0.6 is 46.4 Å². The molecule has 7 nitrogen and oxygen atoms in total. The van der Waals surface area contributed by atoms with E-state index in [2.05, 4.69) is 5.32 Å². The van der Waals surface area contributed by atoms with Gasteiger partial charge in [-0.15, -0.1) is 0 Å². The summed E-state index contributed by atoms with van der Waals surface area (Å²) in [5.41, 5.74) is 0.523. The van der Waals surface area contributed by atoms with Crippen molar-refractivity contribution in [2.75, 3.05) is 10.8 Å². The Labute approximate surface area is 261 Å². The van der Waals surface area contributed by atoms with E-state index in [1.165, 1.54) is 35.2 Å². The summed E-state index contributed by atoms with van der Waals surface area (Å²) in [5, 5.41) is 3.91. The molecule has 41 heavy (non-hydrogen) atoms. The Bertz CT molecular complexity index is 1450. The molecule has 0 aliphatic heterocycles. The maximum atomic E-state index is 14.1. The summed E-state index contributed by atoms with van der Waals surface area (Å²) in [4.78, 5) is 28.8. The van der Waals surface area contributed by atoms with E-state index < -0.39 is 28.5 Å². The molecule has 0 saturated carbocycles. The maximum Gasteiger partial charge on any atom is 0.264 e. The van der Waals surface area contributed by atoms with Gasteiger partial charge >= 0.3 is 0 Å². The van der Waals surface area contributed by atoms with Crippen molar-refractivity contribution in [1.82, 2.24) is 10.2 Å². The van der Waals surface area contributed by atoms with Crippen LogP contribution in [0.2, 0.25) is 20.1 Å². The Morgan fingerprint density at radius 1 is 0.854 bits per heavy atom. The molecule has 0 saturated heterocycles. The van der Waals surface area contributed by atoms with Gasteiger partial charge in [0.05, 0.1) is 10.6 Å². The Balaban J connectivity index is 2.12. The summed E-state index contributed by atoms with van der Waals surface area (Å²) in [6, 6.07) is 15.8. The average Bonchev–Trinajstić information content (AvgIpc) is 2.92. The molecule has 3 rings (SSSR count). The van der Waals surface area contributed by atoms with Crippen LogP contribution < -0.4 is 9.62 Å². The molecule has 3 aromatic rings. The molecule has 2 atom stereocenters. The fourth-order valence-electron chi connectivity index (χ4n) is 4.15. The molecule has 220 valence electrons. The SMILES string of the molecule is CC[C@@H](C)NC(=O)[C@@H](CC)N(Cc1c(Cl)cccc1Cl)C(=O)CN(c1cc(Cl)cc(Cl)c1)S(=O)(=O)c1ccccc1. The Kier molecular flexibility index (Phi) is 11.8. The molecular formula is C29H31Cl4N3O4S. The predicted octanol–water partition coefficient (Wildman–Crippen LogP) is 7.22. The number of carbonyl (C=O) groups excluding carboxylic acids is 2. The van der Waals surface area contributed by atoms with Crippen molar-refractivity contribution in [3.8, 4) is 0 Å². The van der Waals surface area contributed by atoms with Crippen LogP contribution in [-0.2, 0) is 26.2 Å². The van der Waals surface area contributed by atoms with Crippen LogP contribution in [0.25, 0.3) is 0 Å². The molecular weight excluding hydrogens is 628 g/mol. The monoisotopic (exact) mass is 657 g/mol. The quantitative estimate of drug-likeness (QED) is 0.223. The lowest BCUT2D eigenvalue weighted by Gasteiger charge is -2.34. The van der Waals surface area contributed by atoms with Crippen LogP contribution in [-0.4, -0.2) is 43.8 Å². The van der Waals surface area contributed by atoms with Gasteiger partial charge in [-0.05, 0) is 62.2 Å². The molecule has 0 spiro atoms. The fraction of sp³-hybridized carbons (Fsp3) is 0.310. The summed E-state index contributed by atoms with van der Waals surface area (Å²) in [6.07, 6.45) is 0.940. The number of benzene rings is 3. The van der Waals surface area contributed by atoms with Crippen molar-refractivity contribution in [2.24, 2.45) is 0 Å². The van der Waals surface area contributed by atoms with Gasteiger partial charge in [0.2, 0.25) is 11.8 Å². The number of sulfonamides is 1. The van der Waals surface area contributed by atoms with Crippen LogP contribution in [0.3, 0.4) is 0 Å². The highest BCUT2D eigenvalue weighted by molar-refractivity contribution is 7.92. The smallest absolute Gasteiger partial charge is 0.264 e. The number of hydrogen-bond donors (Lipinski definition) is 1. The van der Waals surface area contributed by atoms with Crippen LogP contribution in [0.5, 0.6) is 0 Å². The first-order chi connectivity index (χ1) is 19.4. The molecule has 0 radical (unpaired) electrons. The second kappa shape index (κ2) is 14.6. The lowest BCUT2D eigenvalue weighted by atomic mass is 10.1. The van der Waals surface area contributed by atoms with Gasteiger partial charge in [0, 0.05) is 38.2 Å². The van der Waals surface area contributed by atoms with E-state index in [9.17, 15) is 18.0 Å². The summed E-state index contributed by atoms with van der Waals surface area (Å²) in [6.45, 7) is 4.78. The maximum absolute atomic E-state index is 14.1. The average molecular weight is 659 g/mol. The van der Waals surface area contributed by atoms with E-state index in [4.69, 9.17) is 46.4 Å². The van der Waals surface area contributed by atoms with Gasteiger partial charge in [0.15, 0.2) is 0 Å². The highest BCUT2D eigenvalue weighted by Crippen LogP contribution is 2.31. The van der Waals surface area contributed by atoms with Crippen LogP contribution in [0, 0.1) is 0 Å². The number of rotatable bonds is 12. The number of anilines is 1. The lowest BCUT2D eigenvalue weighted by molar-refractivity contribution is -0.140. The Hall–Kier alpha value is -2.49. The molecule has 0 unspecified atom stereocenters. The van der Waals surface area contributed by atoms with E-state index in [1.807, 2.05) is 13.8 Å². The van der Waals surface area contributed by atoms with E-state index in [0.29, 0.717) is 22.0 Å². The second-order valence-electron chi connectivity index (χ2n) is 9.42. The van der Waals surface area contributed by atoms with Crippen LogP contribution in [0.15, 0.2) is 71.6 Å². The van der Waals surface area contributed by atoms with E-state index in [-0.39, 0.29) is 45.5 Å². The standard InChI is InChI=1S/C29H31Cl4N3O4S/c1-4-19(3)34-29(38)27(5-2)35(17-24-25(32)12-9-13-26(24)33)28(37)18-36(22-15-20(30)14-21(31)16-22)41(39,40)23-10-7-6-8-11-23/h6-16,19,27H,4-5,17-18H2,1-3H3,(H,34,38)/t19-,27-/m1/s1. The number of hydrogen-bond acceptors (Lipinski definition) is 4. The predicted molar refractivity (Wildman–Crippen MR) is 166 cm³/mol.